The summed E-state index contributed by atoms with van der Waals surface area (Å²) in [5.74, 6) is -0.291. The van der Waals surface area contributed by atoms with Crippen LogP contribution in [0.4, 0.5) is 0 Å². The molecule has 0 aromatic carbocycles. The van der Waals surface area contributed by atoms with Crippen LogP contribution in [0.2, 0.25) is 0 Å². The Kier molecular flexibility index (Phi) is 7.89. The van der Waals surface area contributed by atoms with Gasteiger partial charge in [-0.25, -0.2) is 0 Å². The van der Waals surface area contributed by atoms with Crippen LogP contribution in [0.3, 0.4) is 0 Å². The van der Waals surface area contributed by atoms with Gasteiger partial charge < -0.3 is 5.32 Å². The molecule has 0 heterocycles. The van der Waals surface area contributed by atoms with E-state index >= 15 is 0 Å². The quantitative estimate of drug-likeness (QED) is 0.727. The second-order valence-corrected chi connectivity index (χ2v) is 4.68. The van der Waals surface area contributed by atoms with Gasteiger partial charge in [-0.05, 0) is 12.8 Å². The standard InChI is InChI=1S/C11H21NO3S/c1-4-7-9(8-5-2)11(16(14)15)12-10(13)6-3/h9H,4-8H2,1-3H3,(H,12,13). The maximum Gasteiger partial charge on any atom is 0.234 e. The predicted octanol–water partition coefficient (Wildman–Crippen LogP) is 1.74. The van der Waals surface area contributed by atoms with Crippen LogP contribution in [0, 0.1) is 5.92 Å². The molecule has 0 aliphatic rings. The molecule has 0 saturated carbocycles. The highest BCUT2D eigenvalue weighted by Gasteiger charge is 2.17. The molecule has 0 aliphatic carbocycles. The van der Waals surface area contributed by atoms with E-state index < -0.39 is 10.3 Å². The van der Waals surface area contributed by atoms with E-state index in [-0.39, 0.29) is 16.8 Å². The molecule has 0 rings (SSSR count). The lowest BCUT2D eigenvalue weighted by Crippen LogP contribution is -2.36. The van der Waals surface area contributed by atoms with Crippen molar-refractivity contribution in [3.8, 4) is 0 Å². The minimum atomic E-state index is -2.32. The monoisotopic (exact) mass is 247 g/mol. The average molecular weight is 247 g/mol. The van der Waals surface area contributed by atoms with Crippen molar-refractivity contribution in [2.45, 2.75) is 52.9 Å². The van der Waals surface area contributed by atoms with Crippen LogP contribution in [-0.2, 0) is 15.1 Å². The van der Waals surface area contributed by atoms with Gasteiger partial charge in [0.1, 0.15) is 4.99 Å². The first-order valence-electron chi connectivity index (χ1n) is 5.82. The Morgan fingerprint density at radius 3 is 1.94 bits per heavy atom. The van der Waals surface area contributed by atoms with Crippen molar-refractivity contribution < 1.29 is 13.2 Å². The summed E-state index contributed by atoms with van der Waals surface area (Å²) in [7, 11) is -2.32. The zero-order valence-electron chi connectivity index (χ0n) is 10.2. The first-order valence-corrected chi connectivity index (χ1v) is 6.90. The van der Waals surface area contributed by atoms with Crippen LogP contribution in [0.1, 0.15) is 52.9 Å². The third-order valence-corrected chi connectivity index (χ3v) is 3.20. The van der Waals surface area contributed by atoms with E-state index in [9.17, 15) is 13.2 Å². The Bertz CT molecular complexity index is 332. The van der Waals surface area contributed by atoms with E-state index in [0.717, 1.165) is 25.7 Å². The van der Waals surface area contributed by atoms with Gasteiger partial charge in [-0.15, -0.1) is 0 Å². The van der Waals surface area contributed by atoms with E-state index in [1.54, 1.807) is 6.92 Å². The molecule has 0 bridgehead atoms. The van der Waals surface area contributed by atoms with E-state index in [1.807, 2.05) is 13.8 Å². The van der Waals surface area contributed by atoms with Gasteiger partial charge in [-0.3, -0.25) is 4.79 Å². The number of rotatable bonds is 6. The van der Waals surface area contributed by atoms with Crippen LogP contribution in [0.5, 0.6) is 0 Å². The number of nitrogens with one attached hydrogen (secondary N) is 1. The summed E-state index contributed by atoms with van der Waals surface area (Å²) < 4.78 is 22.2. The topological polar surface area (TPSA) is 63.2 Å². The SMILES string of the molecule is CCCC(CCC)C(NC(=O)CC)=S(=O)=O. The predicted molar refractivity (Wildman–Crippen MR) is 65.7 cm³/mol. The van der Waals surface area contributed by atoms with Crippen LogP contribution in [0.15, 0.2) is 0 Å². The van der Waals surface area contributed by atoms with Crippen molar-refractivity contribution in [2.75, 3.05) is 0 Å². The summed E-state index contributed by atoms with van der Waals surface area (Å²) in [5.41, 5.74) is 0. The van der Waals surface area contributed by atoms with Crippen molar-refractivity contribution in [1.29, 1.82) is 0 Å². The zero-order valence-corrected chi connectivity index (χ0v) is 11.1. The van der Waals surface area contributed by atoms with Crippen LogP contribution in [0.25, 0.3) is 0 Å². The third kappa shape index (κ3) is 5.30. The van der Waals surface area contributed by atoms with Crippen LogP contribution in [-0.4, -0.2) is 19.3 Å². The fourth-order valence-electron chi connectivity index (χ4n) is 1.61. The molecule has 4 nitrogen and oxygen atoms in total. The van der Waals surface area contributed by atoms with Gasteiger partial charge >= 0.3 is 0 Å². The third-order valence-electron chi connectivity index (χ3n) is 2.41. The Morgan fingerprint density at radius 2 is 1.62 bits per heavy atom. The normalized spacial score (nSPS) is 10.2. The molecule has 5 heteroatoms. The second-order valence-electron chi connectivity index (χ2n) is 3.77. The zero-order chi connectivity index (χ0) is 12.6. The molecule has 0 atom stereocenters. The van der Waals surface area contributed by atoms with Gasteiger partial charge in [0.15, 0.2) is 0 Å². The average Bonchev–Trinajstić information content (AvgIpc) is 2.25. The highest BCUT2D eigenvalue weighted by atomic mass is 32.2. The first-order chi connectivity index (χ1) is 7.56. The second kappa shape index (κ2) is 8.33. The summed E-state index contributed by atoms with van der Waals surface area (Å²) in [6.07, 6.45) is 3.70. The van der Waals surface area contributed by atoms with Gasteiger partial charge in [0.05, 0.1) is 0 Å². The van der Waals surface area contributed by atoms with Gasteiger partial charge in [-0.2, -0.15) is 8.42 Å². The fourth-order valence-corrected chi connectivity index (χ4v) is 2.31. The fraction of sp³-hybridized carbons (Fsp3) is 0.818. The molecule has 0 aliphatic heterocycles. The van der Waals surface area contributed by atoms with Crippen LogP contribution >= 0.6 is 0 Å². The highest BCUT2D eigenvalue weighted by molar-refractivity contribution is 7.73. The summed E-state index contributed by atoms with van der Waals surface area (Å²) in [5, 5.41) is 2.50. The summed E-state index contributed by atoms with van der Waals surface area (Å²) in [6, 6.07) is 0. The van der Waals surface area contributed by atoms with Crippen molar-refractivity contribution in [3.05, 3.63) is 0 Å². The Balaban J connectivity index is 4.88. The lowest BCUT2D eigenvalue weighted by molar-refractivity contribution is -0.119. The molecular formula is C11H21NO3S. The number of amides is 1. The largest absolute Gasteiger partial charge is 0.316 e. The van der Waals surface area contributed by atoms with Gasteiger partial charge in [0.2, 0.25) is 16.2 Å². The Hall–Kier alpha value is -0.840. The minimum absolute atomic E-state index is 0.0520. The molecule has 0 radical (unpaired) electrons. The molecule has 94 valence electrons. The van der Waals surface area contributed by atoms with E-state index in [4.69, 9.17) is 0 Å². The number of carbonyl (C=O) groups excluding carboxylic acids is 1. The van der Waals surface area contributed by atoms with Gasteiger partial charge in [0.25, 0.3) is 0 Å². The molecule has 0 unspecified atom stereocenters. The maximum absolute atomic E-state index is 11.2. The number of carbonyl (C=O) groups is 1. The molecule has 1 N–H and O–H groups in total. The lowest BCUT2D eigenvalue weighted by Gasteiger charge is -2.16. The molecule has 0 spiro atoms. The van der Waals surface area contributed by atoms with Gasteiger partial charge in [-0.1, -0.05) is 33.6 Å². The van der Waals surface area contributed by atoms with E-state index in [1.165, 1.54) is 0 Å². The van der Waals surface area contributed by atoms with Crippen LogP contribution < -0.4 is 5.32 Å². The maximum atomic E-state index is 11.2. The molecule has 0 aromatic heterocycles. The molecule has 1 amide bonds. The first kappa shape index (κ1) is 15.2. The molecule has 0 fully saturated rings. The van der Waals surface area contributed by atoms with Crippen molar-refractivity contribution >= 4 is 21.2 Å². The van der Waals surface area contributed by atoms with Crippen molar-refractivity contribution in [2.24, 2.45) is 5.92 Å². The molecular weight excluding hydrogens is 226 g/mol. The van der Waals surface area contributed by atoms with E-state index in [0.29, 0.717) is 6.42 Å². The molecule has 0 aromatic rings. The van der Waals surface area contributed by atoms with Gasteiger partial charge in [0, 0.05) is 12.3 Å². The van der Waals surface area contributed by atoms with Crippen molar-refractivity contribution in [1.82, 2.24) is 5.32 Å². The number of hydrogen-bond donors (Lipinski definition) is 1. The number of hydrogen-bond acceptors (Lipinski definition) is 3. The summed E-state index contributed by atoms with van der Waals surface area (Å²) >= 11 is 0. The summed E-state index contributed by atoms with van der Waals surface area (Å²) in [4.78, 5) is 11.4. The summed E-state index contributed by atoms with van der Waals surface area (Å²) in [6.45, 7) is 5.72. The smallest absolute Gasteiger partial charge is 0.234 e. The van der Waals surface area contributed by atoms with Crippen molar-refractivity contribution in [3.63, 3.8) is 0 Å². The van der Waals surface area contributed by atoms with E-state index in [2.05, 4.69) is 5.32 Å². The Morgan fingerprint density at radius 1 is 1.12 bits per heavy atom. The Labute approximate surface area is 99.0 Å². The molecule has 16 heavy (non-hydrogen) atoms. The molecule has 0 saturated heterocycles. The highest BCUT2D eigenvalue weighted by Crippen LogP contribution is 2.14. The lowest BCUT2D eigenvalue weighted by atomic mass is 9.98. The minimum Gasteiger partial charge on any atom is -0.316 e.